The quantitative estimate of drug-likeness (QED) is 0.793. The predicted molar refractivity (Wildman–Crippen MR) is 56.8 cm³/mol. The number of hydrogen-bond donors (Lipinski definition) is 0. The van der Waals surface area contributed by atoms with Gasteiger partial charge in [0.2, 0.25) is 0 Å². The van der Waals surface area contributed by atoms with Crippen LogP contribution in [0.15, 0.2) is 18.2 Å². The van der Waals surface area contributed by atoms with Gasteiger partial charge in [-0.3, -0.25) is 0 Å². The molecule has 4 heteroatoms. The van der Waals surface area contributed by atoms with Crippen molar-refractivity contribution >= 4 is 0 Å². The van der Waals surface area contributed by atoms with E-state index in [1.165, 1.54) is 6.07 Å². The lowest BCUT2D eigenvalue weighted by Crippen LogP contribution is -2.08. The van der Waals surface area contributed by atoms with Gasteiger partial charge in [0, 0.05) is 5.56 Å². The number of rotatable bonds is 3. The molecule has 1 aromatic carbocycles. The molecule has 0 saturated carbocycles. The van der Waals surface area contributed by atoms with Crippen LogP contribution in [0.3, 0.4) is 0 Å². The van der Waals surface area contributed by atoms with Crippen LogP contribution in [0.2, 0.25) is 0 Å². The Kier molecular flexibility index (Phi) is 3.41. The fraction of sp³-hybridized carbons (Fsp3) is 0.500. The van der Waals surface area contributed by atoms with Crippen molar-refractivity contribution in [2.75, 3.05) is 13.2 Å². The average molecular weight is 226 g/mol. The van der Waals surface area contributed by atoms with E-state index in [9.17, 15) is 4.39 Å². The molecular formula is C12H15FO3. The Balaban J connectivity index is 2.20. The first-order valence-corrected chi connectivity index (χ1v) is 5.36. The normalized spacial score (nSPS) is 17.0. The predicted octanol–water partition coefficient (Wildman–Crippen LogP) is 2.66. The number of halogens is 1. The molecule has 1 saturated heterocycles. The van der Waals surface area contributed by atoms with Crippen molar-refractivity contribution < 1.29 is 18.6 Å². The van der Waals surface area contributed by atoms with Crippen LogP contribution in [0.5, 0.6) is 5.75 Å². The van der Waals surface area contributed by atoms with Crippen molar-refractivity contribution in [3.63, 3.8) is 0 Å². The van der Waals surface area contributed by atoms with Crippen molar-refractivity contribution in [2.24, 2.45) is 0 Å². The van der Waals surface area contributed by atoms with Crippen LogP contribution in [0, 0.1) is 5.82 Å². The standard InChI is InChI=1S/C12H15FO3/c1-8(2)16-11-7-9(3-4-10(11)13)12-14-5-6-15-12/h3-4,7-8,12H,5-6H2,1-2H3. The molecule has 0 spiro atoms. The Morgan fingerprint density at radius 3 is 2.62 bits per heavy atom. The zero-order valence-electron chi connectivity index (χ0n) is 9.40. The number of benzene rings is 1. The van der Waals surface area contributed by atoms with Crippen LogP contribution in [0.25, 0.3) is 0 Å². The minimum atomic E-state index is -0.393. The Bertz CT molecular complexity index is 359. The van der Waals surface area contributed by atoms with E-state index in [-0.39, 0.29) is 17.7 Å². The summed E-state index contributed by atoms with van der Waals surface area (Å²) in [4.78, 5) is 0. The molecular weight excluding hydrogens is 211 g/mol. The highest BCUT2D eigenvalue weighted by molar-refractivity contribution is 5.31. The molecule has 2 rings (SSSR count). The monoisotopic (exact) mass is 226 g/mol. The lowest BCUT2D eigenvalue weighted by atomic mass is 10.2. The molecule has 1 heterocycles. The first kappa shape index (κ1) is 11.4. The van der Waals surface area contributed by atoms with E-state index >= 15 is 0 Å². The van der Waals surface area contributed by atoms with Gasteiger partial charge in [-0.05, 0) is 26.0 Å². The summed E-state index contributed by atoms with van der Waals surface area (Å²) in [6, 6.07) is 4.65. The third kappa shape index (κ3) is 2.51. The SMILES string of the molecule is CC(C)Oc1cc(C2OCCO2)ccc1F. The first-order valence-electron chi connectivity index (χ1n) is 5.36. The van der Waals surface area contributed by atoms with Gasteiger partial charge in [-0.25, -0.2) is 4.39 Å². The molecule has 0 atom stereocenters. The van der Waals surface area contributed by atoms with Crippen molar-refractivity contribution in [1.82, 2.24) is 0 Å². The van der Waals surface area contributed by atoms with Crippen molar-refractivity contribution in [3.8, 4) is 5.75 Å². The maximum atomic E-state index is 13.4. The van der Waals surface area contributed by atoms with Crippen molar-refractivity contribution in [3.05, 3.63) is 29.6 Å². The van der Waals surface area contributed by atoms with Gasteiger partial charge in [0.15, 0.2) is 17.9 Å². The maximum Gasteiger partial charge on any atom is 0.184 e. The van der Waals surface area contributed by atoms with Crippen LogP contribution in [0.4, 0.5) is 4.39 Å². The second kappa shape index (κ2) is 4.80. The van der Waals surface area contributed by atoms with E-state index in [0.717, 1.165) is 5.56 Å². The topological polar surface area (TPSA) is 27.7 Å². The van der Waals surface area contributed by atoms with Crippen LogP contribution in [0.1, 0.15) is 25.7 Å². The van der Waals surface area contributed by atoms with E-state index in [1.807, 2.05) is 13.8 Å². The smallest absolute Gasteiger partial charge is 0.184 e. The fourth-order valence-electron chi connectivity index (χ4n) is 1.56. The summed E-state index contributed by atoms with van der Waals surface area (Å²) in [5.74, 6) is -0.123. The Hall–Kier alpha value is -1.13. The summed E-state index contributed by atoms with van der Waals surface area (Å²) in [7, 11) is 0. The van der Waals surface area contributed by atoms with E-state index in [0.29, 0.717) is 13.2 Å². The molecule has 88 valence electrons. The van der Waals surface area contributed by atoms with E-state index in [1.54, 1.807) is 12.1 Å². The van der Waals surface area contributed by atoms with Gasteiger partial charge in [-0.2, -0.15) is 0 Å². The first-order chi connectivity index (χ1) is 7.66. The molecule has 0 unspecified atom stereocenters. The minimum Gasteiger partial charge on any atom is -0.488 e. The third-order valence-electron chi connectivity index (χ3n) is 2.21. The maximum absolute atomic E-state index is 13.4. The lowest BCUT2D eigenvalue weighted by molar-refractivity contribution is -0.0443. The van der Waals surface area contributed by atoms with E-state index in [4.69, 9.17) is 14.2 Å². The van der Waals surface area contributed by atoms with Crippen LogP contribution in [-0.4, -0.2) is 19.3 Å². The zero-order chi connectivity index (χ0) is 11.5. The highest BCUT2D eigenvalue weighted by atomic mass is 19.1. The van der Waals surface area contributed by atoms with Gasteiger partial charge in [-0.15, -0.1) is 0 Å². The number of ether oxygens (including phenoxy) is 3. The Morgan fingerprint density at radius 2 is 2.00 bits per heavy atom. The van der Waals surface area contributed by atoms with Gasteiger partial charge >= 0.3 is 0 Å². The summed E-state index contributed by atoms with van der Waals surface area (Å²) in [5, 5.41) is 0. The third-order valence-corrected chi connectivity index (χ3v) is 2.21. The largest absolute Gasteiger partial charge is 0.488 e. The van der Waals surface area contributed by atoms with Gasteiger partial charge < -0.3 is 14.2 Å². The molecule has 3 nitrogen and oxygen atoms in total. The van der Waals surface area contributed by atoms with Crippen LogP contribution in [-0.2, 0) is 9.47 Å². The molecule has 0 aliphatic carbocycles. The number of hydrogen-bond acceptors (Lipinski definition) is 3. The summed E-state index contributed by atoms with van der Waals surface area (Å²) >= 11 is 0. The molecule has 0 aromatic heterocycles. The second-order valence-electron chi connectivity index (χ2n) is 3.93. The van der Waals surface area contributed by atoms with E-state index < -0.39 is 6.29 Å². The highest BCUT2D eigenvalue weighted by Gasteiger charge is 2.20. The molecule has 0 radical (unpaired) electrons. The summed E-state index contributed by atoms with van der Waals surface area (Å²) < 4.78 is 29.4. The van der Waals surface area contributed by atoms with E-state index in [2.05, 4.69) is 0 Å². The van der Waals surface area contributed by atoms with Crippen LogP contribution < -0.4 is 4.74 Å². The molecule has 1 aliphatic rings. The molecule has 1 aromatic rings. The molecule has 0 amide bonds. The van der Waals surface area contributed by atoms with Gasteiger partial charge in [0.1, 0.15) is 0 Å². The highest BCUT2D eigenvalue weighted by Crippen LogP contribution is 2.28. The Morgan fingerprint density at radius 1 is 1.31 bits per heavy atom. The zero-order valence-corrected chi connectivity index (χ0v) is 9.40. The second-order valence-corrected chi connectivity index (χ2v) is 3.93. The summed E-state index contributed by atoms with van der Waals surface area (Å²) in [5.41, 5.74) is 0.787. The summed E-state index contributed by atoms with van der Waals surface area (Å²) in [6.07, 6.45) is -0.453. The average Bonchev–Trinajstić information content (AvgIpc) is 2.73. The summed E-state index contributed by atoms with van der Waals surface area (Å²) in [6.45, 7) is 4.86. The Labute approximate surface area is 94.1 Å². The van der Waals surface area contributed by atoms with Crippen molar-refractivity contribution in [1.29, 1.82) is 0 Å². The van der Waals surface area contributed by atoms with Gasteiger partial charge in [0.25, 0.3) is 0 Å². The molecule has 16 heavy (non-hydrogen) atoms. The molecule has 1 fully saturated rings. The van der Waals surface area contributed by atoms with Crippen molar-refractivity contribution in [2.45, 2.75) is 26.2 Å². The molecule has 0 N–H and O–H groups in total. The molecule has 1 aliphatic heterocycles. The lowest BCUT2D eigenvalue weighted by Gasteiger charge is -2.14. The van der Waals surface area contributed by atoms with Gasteiger partial charge in [-0.1, -0.05) is 6.07 Å². The van der Waals surface area contributed by atoms with Gasteiger partial charge in [0.05, 0.1) is 19.3 Å². The van der Waals surface area contributed by atoms with Crippen LogP contribution >= 0.6 is 0 Å². The molecule has 0 bridgehead atoms. The fourth-order valence-corrected chi connectivity index (χ4v) is 1.56. The minimum absolute atomic E-state index is 0.0600.